The molecule has 0 radical (unpaired) electrons. The minimum Gasteiger partial charge on any atom is -0.373 e. The lowest BCUT2D eigenvalue weighted by atomic mass is 9.96. The smallest absolute Gasteiger partial charge is 0.222 e. The molecule has 2 aliphatic heterocycles. The third-order valence-electron chi connectivity index (χ3n) is 6.36. The molecule has 3 heterocycles. The van der Waals surface area contributed by atoms with E-state index in [9.17, 15) is 4.79 Å². The van der Waals surface area contributed by atoms with E-state index in [2.05, 4.69) is 41.5 Å². The predicted octanol–water partition coefficient (Wildman–Crippen LogP) is 3.24. The molecule has 2 aliphatic rings. The van der Waals surface area contributed by atoms with Crippen molar-refractivity contribution in [3.63, 3.8) is 0 Å². The zero-order valence-corrected chi connectivity index (χ0v) is 18.2. The van der Waals surface area contributed by atoms with Gasteiger partial charge in [-0.15, -0.1) is 0 Å². The molecule has 0 unspecified atom stereocenters. The van der Waals surface area contributed by atoms with Crippen LogP contribution < -0.4 is 5.32 Å². The van der Waals surface area contributed by atoms with E-state index in [1.807, 2.05) is 18.0 Å². The number of aryl methyl sites for hydroxylation is 1. The summed E-state index contributed by atoms with van der Waals surface area (Å²) in [5.41, 5.74) is 3.50. The Kier molecular flexibility index (Phi) is 6.62. The minimum absolute atomic E-state index is 0.236. The fourth-order valence-electron chi connectivity index (χ4n) is 4.68. The van der Waals surface area contributed by atoms with Gasteiger partial charge in [-0.05, 0) is 51.3 Å². The van der Waals surface area contributed by atoms with Gasteiger partial charge in [-0.1, -0.05) is 30.3 Å². The molecular weight excluding hydrogens is 374 g/mol. The topological polar surface area (TPSA) is 61.4 Å². The van der Waals surface area contributed by atoms with Crippen molar-refractivity contribution in [3.05, 3.63) is 53.0 Å². The van der Waals surface area contributed by atoms with E-state index in [-0.39, 0.29) is 5.91 Å². The van der Waals surface area contributed by atoms with Gasteiger partial charge in [-0.25, -0.2) is 9.97 Å². The van der Waals surface area contributed by atoms with Crippen LogP contribution in [0.3, 0.4) is 0 Å². The normalized spacial score (nSPS) is 19.4. The summed E-state index contributed by atoms with van der Waals surface area (Å²) in [6, 6.07) is 10.4. The molecular formula is C24H33N5O. The number of amides is 1. The number of benzene rings is 1. The Hall–Kier alpha value is -2.47. The Balaban J connectivity index is 1.42. The molecule has 0 saturated carbocycles. The van der Waals surface area contributed by atoms with Gasteiger partial charge in [-0.3, -0.25) is 4.79 Å². The van der Waals surface area contributed by atoms with Gasteiger partial charge in [-0.2, -0.15) is 0 Å². The SMILES string of the molecule is CNc1nc([C@@H]2CCCN(C)C2)nc2c1CCN(C(=O)CCCc1ccccc1)C2. The fourth-order valence-corrected chi connectivity index (χ4v) is 4.68. The van der Waals surface area contributed by atoms with Crippen LogP contribution in [-0.4, -0.2) is 59.4 Å². The summed E-state index contributed by atoms with van der Waals surface area (Å²) in [7, 11) is 4.10. The summed E-state index contributed by atoms with van der Waals surface area (Å²) in [6.45, 7) is 3.50. The highest BCUT2D eigenvalue weighted by Crippen LogP contribution is 2.29. The molecule has 1 aromatic heterocycles. The van der Waals surface area contributed by atoms with E-state index in [4.69, 9.17) is 9.97 Å². The number of hydrogen-bond donors (Lipinski definition) is 1. The first-order chi connectivity index (χ1) is 14.6. The van der Waals surface area contributed by atoms with Gasteiger partial charge in [0, 0.05) is 38.0 Å². The van der Waals surface area contributed by atoms with Crippen molar-refractivity contribution in [1.29, 1.82) is 0 Å². The van der Waals surface area contributed by atoms with Gasteiger partial charge in [0.1, 0.15) is 11.6 Å². The van der Waals surface area contributed by atoms with E-state index in [0.717, 1.165) is 62.7 Å². The van der Waals surface area contributed by atoms with Crippen LogP contribution in [0.25, 0.3) is 0 Å². The van der Waals surface area contributed by atoms with Crippen LogP contribution in [0.2, 0.25) is 0 Å². The number of anilines is 1. The summed E-state index contributed by atoms with van der Waals surface area (Å²) in [5.74, 6) is 2.49. The maximum Gasteiger partial charge on any atom is 0.222 e. The molecule has 2 aromatic rings. The minimum atomic E-state index is 0.236. The van der Waals surface area contributed by atoms with E-state index >= 15 is 0 Å². The van der Waals surface area contributed by atoms with Gasteiger partial charge in [0.25, 0.3) is 0 Å². The van der Waals surface area contributed by atoms with Crippen molar-refractivity contribution in [2.24, 2.45) is 0 Å². The van der Waals surface area contributed by atoms with Crippen LogP contribution in [0.4, 0.5) is 5.82 Å². The molecule has 0 spiro atoms. The van der Waals surface area contributed by atoms with Crippen LogP contribution in [0.5, 0.6) is 0 Å². The Morgan fingerprint density at radius 3 is 2.80 bits per heavy atom. The average molecular weight is 408 g/mol. The van der Waals surface area contributed by atoms with Crippen LogP contribution in [0.15, 0.2) is 30.3 Å². The number of carbonyl (C=O) groups is 1. The lowest BCUT2D eigenvalue weighted by Gasteiger charge is -2.32. The summed E-state index contributed by atoms with van der Waals surface area (Å²) in [6.07, 6.45) is 5.56. The van der Waals surface area contributed by atoms with Crippen LogP contribution in [-0.2, 0) is 24.2 Å². The highest BCUT2D eigenvalue weighted by molar-refractivity contribution is 5.76. The maximum atomic E-state index is 12.8. The third-order valence-corrected chi connectivity index (χ3v) is 6.36. The van der Waals surface area contributed by atoms with E-state index in [1.54, 1.807) is 0 Å². The zero-order valence-electron chi connectivity index (χ0n) is 18.2. The molecule has 0 aliphatic carbocycles. The van der Waals surface area contributed by atoms with E-state index in [0.29, 0.717) is 18.9 Å². The summed E-state index contributed by atoms with van der Waals surface area (Å²) in [5, 5.41) is 3.27. The summed E-state index contributed by atoms with van der Waals surface area (Å²) >= 11 is 0. The molecule has 160 valence electrons. The Bertz CT molecular complexity index is 869. The second-order valence-electron chi connectivity index (χ2n) is 8.61. The molecule has 1 fully saturated rings. The van der Waals surface area contributed by atoms with Gasteiger partial charge in [0.05, 0.1) is 12.2 Å². The van der Waals surface area contributed by atoms with Gasteiger partial charge < -0.3 is 15.1 Å². The molecule has 4 rings (SSSR count). The van der Waals surface area contributed by atoms with Gasteiger partial charge in [0.15, 0.2) is 0 Å². The number of carbonyl (C=O) groups excluding carboxylic acids is 1. The summed E-state index contributed by atoms with van der Waals surface area (Å²) in [4.78, 5) is 27.0. The molecule has 1 aromatic carbocycles. The molecule has 0 bridgehead atoms. The molecule has 1 amide bonds. The van der Waals surface area contributed by atoms with Crippen LogP contribution in [0.1, 0.15) is 54.2 Å². The van der Waals surface area contributed by atoms with Crippen molar-refractivity contribution in [3.8, 4) is 0 Å². The second-order valence-corrected chi connectivity index (χ2v) is 8.61. The molecule has 30 heavy (non-hydrogen) atoms. The number of likely N-dealkylation sites (tertiary alicyclic amines) is 1. The lowest BCUT2D eigenvalue weighted by molar-refractivity contribution is -0.132. The number of nitrogens with zero attached hydrogens (tertiary/aromatic N) is 4. The summed E-state index contributed by atoms with van der Waals surface area (Å²) < 4.78 is 0. The van der Waals surface area contributed by atoms with Crippen LogP contribution >= 0.6 is 0 Å². The number of piperidine rings is 1. The van der Waals surface area contributed by atoms with Crippen molar-refractivity contribution < 1.29 is 4.79 Å². The predicted molar refractivity (Wildman–Crippen MR) is 120 cm³/mol. The van der Waals surface area contributed by atoms with Crippen molar-refractivity contribution in [1.82, 2.24) is 19.8 Å². The molecule has 6 heteroatoms. The number of hydrogen-bond acceptors (Lipinski definition) is 5. The molecule has 1 saturated heterocycles. The Morgan fingerprint density at radius 1 is 1.20 bits per heavy atom. The van der Waals surface area contributed by atoms with Crippen molar-refractivity contribution in [2.45, 2.75) is 51.0 Å². The zero-order chi connectivity index (χ0) is 20.9. The first kappa shape index (κ1) is 20.8. The first-order valence-corrected chi connectivity index (χ1v) is 11.2. The number of rotatable bonds is 6. The molecule has 6 nitrogen and oxygen atoms in total. The van der Waals surface area contributed by atoms with Crippen LogP contribution in [0, 0.1) is 0 Å². The number of fused-ring (bicyclic) bond motifs is 1. The van der Waals surface area contributed by atoms with Crippen molar-refractivity contribution in [2.75, 3.05) is 39.0 Å². The maximum absolute atomic E-state index is 12.8. The Labute approximate surface area is 179 Å². The van der Waals surface area contributed by atoms with Gasteiger partial charge >= 0.3 is 0 Å². The monoisotopic (exact) mass is 407 g/mol. The fraction of sp³-hybridized carbons (Fsp3) is 0.542. The first-order valence-electron chi connectivity index (χ1n) is 11.2. The number of likely N-dealkylation sites (N-methyl/N-ethyl adjacent to an activating group) is 1. The number of aromatic nitrogens is 2. The highest BCUT2D eigenvalue weighted by Gasteiger charge is 2.28. The average Bonchev–Trinajstić information content (AvgIpc) is 2.78. The highest BCUT2D eigenvalue weighted by atomic mass is 16.2. The number of nitrogens with one attached hydrogen (secondary N) is 1. The van der Waals surface area contributed by atoms with E-state index < -0.39 is 0 Å². The van der Waals surface area contributed by atoms with Gasteiger partial charge in [0.2, 0.25) is 5.91 Å². The quantitative estimate of drug-likeness (QED) is 0.797. The third kappa shape index (κ3) is 4.81. The Morgan fingerprint density at radius 2 is 2.03 bits per heavy atom. The molecule has 1 atom stereocenters. The van der Waals surface area contributed by atoms with E-state index in [1.165, 1.54) is 17.5 Å². The lowest BCUT2D eigenvalue weighted by Crippen LogP contribution is -2.37. The second kappa shape index (κ2) is 9.56. The van der Waals surface area contributed by atoms with Crippen molar-refractivity contribution >= 4 is 11.7 Å². The molecule has 1 N–H and O–H groups in total. The standard InChI is InChI=1S/C24H33N5O/c1-25-24-20-13-15-29(22(30)12-6-10-18-8-4-3-5-9-18)17-21(20)26-23(27-24)19-11-7-14-28(2)16-19/h3-5,8-9,19H,6-7,10-17H2,1-2H3,(H,25,26,27)/t19-/m1/s1. The largest absolute Gasteiger partial charge is 0.373 e.